The second-order valence-electron chi connectivity index (χ2n) is 18.4. The van der Waals surface area contributed by atoms with E-state index < -0.39 is 5.41 Å². The molecule has 0 saturated carbocycles. The van der Waals surface area contributed by atoms with Gasteiger partial charge in [0.15, 0.2) is 0 Å². The molecule has 0 aromatic heterocycles. The van der Waals surface area contributed by atoms with Crippen LogP contribution in [0.3, 0.4) is 0 Å². The summed E-state index contributed by atoms with van der Waals surface area (Å²) in [5, 5.41) is 20.6. The van der Waals surface area contributed by atoms with Crippen LogP contribution in [0.4, 0.5) is 0 Å². The van der Waals surface area contributed by atoms with Crippen LogP contribution in [0.1, 0.15) is 243 Å². The van der Waals surface area contributed by atoms with Crippen LogP contribution in [0, 0.1) is 5.41 Å². The van der Waals surface area contributed by atoms with Gasteiger partial charge in [-0.3, -0.25) is 9.59 Å². The van der Waals surface area contributed by atoms with Gasteiger partial charge in [-0.2, -0.15) is 0 Å². The fraction of sp³-hybridized carbons (Fsp3) is 0.736. The van der Waals surface area contributed by atoms with Gasteiger partial charge in [-0.1, -0.05) is 205 Å². The lowest BCUT2D eigenvalue weighted by atomic mass is 9.88. The van der Waals surface area contributed by atoms with Gasteiger partial charge < -0.3 is 19.7 Å². The summed E-state index contributed by atoms with van der Waals surface area (Å²) < 4.78 is 11.1. The van der Waals surface area contributed by atoms with Crippen molar-refractivity contribution in [3.63, 3.8) is 0 Å². The quantitative estimate of drug-likeness (QED) is 0.0518. The molecule has 6 heteroatoms. The highest BCUT2D eigenvalue weighted by molar-refractivity contribution is 5.69. The first-order valence-electron chi connectivity index (χ1n) is 24.5. The summed E-state index contributed by atoms with van der Waals surface area (Å²) in [6, 6.07) is 15.8. The van der Waals surface area contributed by atoms with E-state index in [0.717, 1.165) is 49.7 Å². The highest BCUT2D eigenvalue weighted by Gasteiger charge is 2.23. The van der Waals surface area contributed by atoms with Gasteiger partial charge in [-0.05, 0) is 73.6 Å². The van der Waals surface area contributed by atoms with Crippen molar-refractivity contribution in [3.05, 3.63) is 59.7 Å². The van der Waals surface area contributed by atoms with Crippen LogP contribution in [0.5, 0.6) is 11.5 Å². The van der Waals surface area contributed by atoms with Crippen LogP contribution in [0.25, 0.3) is 0 Å². The number of carbonyl (C=O) groups excluding carboxylic acids is 2. The molecular formula is C53H88O6. The van der Waals surface area contributed by atoms with E-state index in [1.807, 2.05) is 50.2 Å². The fourth-order valence-corrected chi connectivity index (χ4v) is 8.36. The Labute approximate surface area is 362 Å². The van der Waals surface area contributed by atoms with E-state index in [9.17, 15) is 19.8 Å². The third-order valence-electron chi connectivity index (χ3n) is 12.2. The molecule has 2 atom stereocenters. The first-order valence-corrected chi connectivity index (χ1v) is 24.5. The number of para-hydroxylation sites is 2. The second kappa shape index (κ2) is 33.7. The SMILES string of the molecule is CCCCC(CCCCCCCCCCCCC(=O)OCC(C)(C)COC(=O)CCCCCCCCCCCCC(CCCC)c1ccccc1O)c1ccccc1O. The normalized spacial score (nSPS) is 12.7. The summed E-state index contributed by atoms with van der Waals surface area (Å²) in [6.07, 6.45) is 34.3. The van der Waals surface area contributed by atoms with E-state index in [-0.39, 0.29) is 25.2 Å². The van der Waals surface area contributed by atoms with Gasteiger partial charge in [0.1, 0.15) is 11.5 Å². The first kappa shape index (κ1) is 52.1. The van der Waals surface area contributed by atoms with Crippen molar-refractivity contribution in [2.45, 2.75) is 232 Å². The summed E-state index contributed by atoms with van der Waals surface area (Å²) in [7, 11) is 0. The summed E-state index contributed by atoms with van der Waals surface area (Å²) in [5.74, 6) is 1.55. The Morgan fingerprint density at radius 2 is 0.746 bits per heavy atom. The molecule has 0 bridgehead atoms. The van der Waals surface area contributed by atoms with Crippen molar-refractivity contribution in [1.82, 2.24) is 0 Å². The first-order chi connectivity index (χ1) is 28.7. The molecule has 0 aliphatic rings. The van der Waals surface area contributed by atoms with Crippen LogP contribution in [-0.4, -0.2) is 35.4 Å². The lowest BCUT2D eigenvalue weighted by molar-refractivity contribution is -0.152. The average Bonchev–Trinajstić information content (AvgIpc) is 3.23. The van der Waals surface area contributed by atoms with Crippen molar-refractivity contribution in [2.75, 3.05) is 13.2 Å². The number of hydrogen-bond donors (Lipinski definition) is 2. The Hall–Kier alpha value is -3.02. The van der Waals surface area contributed by atoms with Crippen LogP contribution >= 0.6 is 0 Å². The number of aromatic hydroxyl groups is 2. The summed E-state index contributed by atoms with van der Waals surface area (Å²) in [4.78, 5) is 24.7. The van der Waals surface area contributed by atoms with Gasteiger partial charge in [-0.25, -0.2) is 0 Å². The summed E-state index contributed by atoms with van der Waals surface area (Å²) in [6.45, 7) is 8.97. The molecule has 0 spiro atoms. The van der Waals surface area contributed by atoms with E-state index in [1.165, 1.54) is 141 Å². The molecule has 2 rings (SSSR count). The number of carbonyl (C=O) groups is 2. The van der Waals surface area contributed by atoms with Crippen LogP contribution < -0.4 is 0 Å². The van der Waals surface area contributed by atoms with Gasteiger partial charge in [0.25, 0.3) is 0 Å². The molecule has 0 heterocycles. The van der Waals surface area contributed by atoms with Crippen molar-refractivity contribution in [2.24, 2.45) is 5.41 Å². The zero-order chi connectivity index (χ0) is 42.8. The topological polar surface area (TPSA) is 93.1 Å². The molecule has 6 nitrogen and oxygen atoms in total. The molecule has 2 aromatic carbocycles. The molecule has 0 amide bonds. The minimum Gasteiger partial charge on any atom is -0.508 e. The Balaban J connectivity index is 1.37. The molecular weight excluding hydrogens is 733 g/mol. The number of ether oxygens (including phenoxy) is 2. The van der Waals surface area contributed by atoms with Gasteiger partial charge in [0.05, 0.1) is 13.2 Å². The minimum absolute atomic E-state index is 0.152. The highest BCUT2D eigenvalue weighted by Crippen LogP contribution is 2.35. The van der Waals surface area contributed by atoms with E-state index in [2.05, 4.69) is 26.0 Å². The monoisotopic (exact) mass is 821 g/mol. The Bertz CT molecular complexity index is 1240. The van der Waals surface area contributed by atoms with Crippen LogP contribution in [0.2, 0.25) is 0 Å². The maximum Gasteiger partial charge on any atom is 0.305 e. The van der Waals surface area contributed by atoms with Gasteiger partial charge >= 0.3 is 11.9 Å². The van der Waals surface area contributed by atoms with Gasteiger partial charge in [0, 0.05) is 18.3 Å². The molecule has 2 N–H and O–H groups in total. The van der Waals surface area contributed by atoms with Gasteiger partial charge in [0.2, 0.25) is 0 Å². The number of phenolic OH excluding ortho intramolecular Hbond substituents is 2. The Kier molecular flexibility index (Phi) is 29.7. The largest absolute Gasteiger partial charge is 0.508 e. The number of phenols is 2. The van der Waals surface area contributed by atoms with Crippen molar-refractivity contribution >= 4 is 11.9 Å². The lowest BCUT2D eigenvalue weighted by Gasteiger charge is -2.23. The number of rotatable bonds is 38. The number of benzene rings is 2. The van der Waals surface area contributed by atoms with E-state index in [1.54, 1.807) is 0 Å². The third-order valence-corrected chi connectivity index (χ3v) is 12.2. The zero-order valence-electron chi connectivity index (χ0n) is 38.4. The predicted octanol–water partition coefficient (Wildman–Crippen LogP) is 15.8. The Morgan fingerprint density at radius 1 is 0.458 bits per heavy atom. The summed E-state index contributed by atoms with van der Waals surface area (Å²) in [5.41, 5.74) is 1.86. The van der Waals surface area contributed by atoms with Crippen molar-refractivity contribution in [1.29, 1.82) is 0 Å². The lowest BCUT2D eigenvalue weighted by Crippen LogP contribution is -2.28. The maximum absolute atomic E-state index is 12.4. The number of hydrogen-bond acceptors (Lipinski definition) is 6. The number of unbranched alkanes of at least 4 members (excludes halogenated alkanes) is 20. The maximum atomic E-state index is 12.4. The molecule has 2 aromatic rings. The second-order valence-corrected chi connectivity index (χ2v) is 18.4. The standard InChI is InChI=1S/C53H88O6/c1-5-7-33-45(47-37-29-31-39-49(47)54)35-25-21-17-13-9-11-15-19-23-27-41-51(56)58-43-53(3,4)44-59-52(57)42-28-24-20-16-12-10-14-18-22-26-36-46(34-8-6-2)48-38-30-32-40-50(48)55/h29-32,37-40,45-46,54-55H,5-28,33-36,41-44H2,1-4H3. The third kappa shape index (κ3) is 26.0. The van der Waals surface area contributed by atoms with Crippen molar-refractivity contribution in [3.8, 4) is 11.5 Å². The number of esters is 2. The molecule has 336 valence electrons. The van der Waals surface area contributed by atoms with Crippen LogP contribution in [0.15, 0.2) is 48.5 Å². The summed E-state index contributed by atoms with van der Waals surface area (Å²) >= 11 is 0. The zero-order valence-corrected chi connectivity index (χ0v) is 38.4. The van der Waals surface area contributed by atoms with E-state index in [4.69, 9.17) is 9.47 Å². The molecule has 59 heavy (non-hydrogen) atoms. The molecule has 0 aliphatic carbocycles. The Morgan fingerprint density at radius 3 is 1.07 bits per heavy atom. The van der Waals surface area contributed by atoms with E-state index in [0.29, 0.717) is 36.2 Å². The average molecular weight is 821 g/mol. The predicted molar refractivity (Wildman–Crippen MR) is 247 cm³/mol. The smallest absolute Gasteiger partial charge is 0.305 e. The highest BCUT2D eigenvalue weighted by atomic mass is 16.5. The minimum atomic E-state index is -0.394. The molecule has 0 radical (unpaired) electrons. The molecule has 0 aliphatic heterocycles. The fourth-order valence-electron chi connectivity index (χ4n) is 8.36. The molecule has 0 fully saturated rings. The van der Waals surface area contributed by atoms with E-state index >= 15 is 0 Å². The van der Waals surface area contributed by atoms with Crippen molar-refractivity contribution < 1.29 is 29.3 Å². The molecule has 0 saturated heterocycles. The molecule has 2 unspecified atom stereocenters. The van der Waals surface area contributed by atoms with Crippen LogP contribution in [-0.2, 0) is 19.1 Å². The van der Waals surface area contributed by atoms with Gasteiger partial charge in [-0.15, -0.1) is 0 Å².